The number of benzene rings is 2. The van der Waals surface area contributed by atoms with Gasteiger partial charge in [-0.3, -0.25) is 4.79 Å². The summed E-state index contributed by atoms with van der Waals surface area (Å²) in [7, 11) is 3.36. The van der Waals surface area contributed by atoms with Crippen molar-refractivity contribution in [3.63, 3.8) is 0 Å². The Balaban J connectivity index is 1.41. The van der Waals surface area contributed by atoms with Crippen LogP contribution in [-0.4, -0.2) is 42.8 Å². The van der Waals surface area contributed by atoms with Crippen LogP contribution in [0.5, 0.6) is 5.75 Å². The Kier molecular flexibility index (Phi) is 5.53. The molecule has 0 aliphatic carbocycles. The summed E-state index contributed by atoms with van der Waals surface area (Å²) >= 11 is 0. The first-order valence-corrected chi connectivity index (χ1v) is 9.69. The normalized spacial score (nSPS) is 11.2. The molecule has 0 fully saturated rings. The molecule has 0 saturated heterocycles. The lowest BCUT2D eigenvalue weighted by atomic mass is 10.1. The molecule has 6 heteroatoms. The number of methoxy groups -OCH3 is 2. The standard InChI is InChI=1S/C23H25N3O3/c1-28-12-11-26-10-8-16-13-17(3-6-22(16)26)23(27)24-9-7-18-15-25-21-5-4-19(29-2)14-20(18)21/h3-6,8,10,13-15,25H,7,9,11-12H2,1-2H3,(H,24,27). The predicted molar refractivity (Wildman–Crippen MR) is 115 cm³/mol. The van der Waals surface area contributed by atoms with Crippen molar-refractivity contribution in [1.29, 1.82) is 0 Å². The van der Waals surface area contributed by atoms with Crippen LogP contribution in [-0.2, 0) is 17.7 Å². The lowest BCUT2D eigenvalue weighted by Gasteiger charge is -2.07. The molecular formula is C23H25N3O3. The van der Waals surface area contributed by atoms with Crippen molar-refractivity contribution in [3.05, 3.63) is 66.0 Å². The number of carbonyl (C=O) groups excluding carboxylic acids is 1. The van der Waals surface area contributed by atoms with Crippen molar-refractivity contribution in [2.24, 2.45) is 0 Å². The van der Waals surface area contributed by atoms with Crippen LogP contribution < -0.4 is 10.1 Å². The summed E-state index contributed by atoms with van der Waals surface area (Å²) in [5, 5.41) is 5.20. The molecule has 29 heavy (non-hydrogen) atoms. The predicted octanol–water partition coefficient (Wildman–Crippen LogP) is 3.75. The van der Waals surface area contributed by atoms with Crippen molar-refractivity contribution >= 4 is 27.7 Å². The van der Waals surface area contributed by atoms with Gasteiger partial charge in [-0.2, -0.15) is 0 Å². The summed E-state index contributed by atoms with van der Waals surface area (Å²) in [6, 6.07) is 13.8. The van der Waals surface area contributed by atoms with Crippen LogP contribution in [0.25, 0.3) is 21.8 Å². The molecule has 4 rings (SSSR count). The molecule has 2 aromatic carbocycles. The Morgan fingerprint density at radius 3 is 2.86 bits per heavy atom. The fourth-order valence-electron chi connectivity index (χ4n) is 3.63. The first-order valence-electron chi connectivity index (χ1n) is 9.69. The largest absolute Gasteiger partial charge is 0.497 e. The zero-order chi connectivity index (χ0) is 20.2. The highest BCUT2D eigenvalue weighted by atomic mass is 16.5. The number of fused-ring (bicyclic) bond motifs is 2. The summed E-state index contributed by atoms with van der Waals surface area (Å²) in [6.45, 7) is 2.02. The maximum Gasteiger partial charge on any atom is 0.251 e. The summed E-state index contributed by atoms with van der Waals surface area (Å²) in [5.74, 6) is 0.766. The molecule has 1 amide bonds. The van der Waals surface area contributed by atoms with Crippen LogP contribution in [0.1, 0.15) is 15.9 Å². The number of hydrogen-bond donors (Lipinski definition) is 2. The summed E-state index contributed by atoms with van der Waals surface area (Å²) in [5.41, 5.74) is 3.99. The SMILES string of the molecule is COCCn1ccc2cc(C(=O)NCCc3c[nH]c4ccc(OC)cc34)ccc21. The van der Waals surface area contributed by atoms with E-state index in [2.05, 4.69) is 14.9 Å². The smallest absolute Gasteiger partial charge is 0.251 e. The number of hydrogen-bond acceptors (Lipinski definition) is 3. The molecule has 0 unspecified atom stereocenters. The van der Waals surface area contributed by atoms with Crippen LogP contribution in [0, 0.1) is 0 Å². The zero-order valence-electron chi connectivity index (χ0n) is 16.7. The molecule has 6 nitrogen and oxygen atoms in total. The zero-order valence-corrected chi connectivity index (χ0v) is 16.7. The van der Waals surface area contributed by atoms with E-state index in [0.717, 1.165) is 46.1 Å². The summed E-state index contributed by atoms with van der Waals surface area (Å²) in [4.78, 5) is 15.9. The van der Waals surface area contributed by atoms with E-state index in [-0.39, 0.29) is 5.91 Å². The molecule has 0 atom stereocenters. The third-order valence-corrected chi connectivity index (χ3v) is 5.22. The second-order valence-electron chi connectivity index (χ2n) is 7.01. The van der Waals surface area contributed by atoms with Crippen LogP contribution in [0.4, 0.5) is 0 Å². The Morgan fingerprint density at radius 2 is 2.03 bits per heavy atom. The topological polar surface area (TPSA) is 68.3 Å². The van der Waals surface area contributed by atoms with Crippen molar-refractivity contribution in [1.82, 2.24) is 14.9 Å². The van der Waals surface area contributed by atoms with Gasteiger partial charge in [-0.25, -0.2) is 0 Å². The third kappa shape index (κ3) is 3.98. The Bertz CT molecular complexity index is 1140. The monoisotopic (exact) mass is 391 g/mol. The van der Waals surface area contributed by atoms with Crippen molar-refractivity contribution in [2.45, 2.75) is 13.0 Å². The molecule has 0 spiro atoms. The Hall–Kier alpha value is -3.25. The number of rotatable bonds is 8. The lowest BCUT2D eigenvalue weighted by molar-refractivity contribution is 0.0954. The maximum atomic E-state index is 12.6. The molecular weight excluding hydrogens is 366 g/mol. The average Bonchev–Trinajstić information content (AvgIpc) is 3.35. The van der Waals surface area contributed by atoms with Gasteiger partial charge < -0.3 is 24.3 Å². The lowest BCUT2D eigenvalue weighted by Crippen LogP contribution is -2.25. The van der Waals surface area contributed by atoms with E-state index in [1.165, 1.54) is 0 Å². The molecule has 2 N–H and O–H groups in total. The second-order valence-corrected chi connectivity index (χ2v) is 7.01. The minimum absolute atomic E-state index is 0.0611. The number of aromatic nitrogens is 2. The molecule has 150 valence electrons. The minimum Gasteiger partial charge on any atom is -0.497 e. The van der Waals surface area contributed by atoms with E-state index < -0.39 is 0 Å². The minimum atomic E-state index is -0.0611. The second kappa shape index (κ2) is 8.41. The number of nitrogens with zero attached hydrogens (tertiary/aromatic N) is 1. The van der Waals surface area contributed by atoms with E-state index in [9.17, 15) is 4.79 Å². The van der Waals surface area contributed by atoms with Gasteiger partial charge in [0.15, 0.2) is 0 Å². The number of ether oxygens (including phenoxy) is 2. The Labute approximate surface area is 169 Å². The van der Waals surface area contributed by atoms with Gasteiger partial charge in [-0.05, 0) is 54.4 Å². The highest BCUT2D eigenvalue weighted by Crippen LogP contribution is 2.24. The summed E-state index contributed by atoms with van der Waals surface area (Å²) < 4.78 is 12.6. The average molecular weight is 391 g/mol. The van der Waals surface area contributed by atoms with E-state index >= 15 is 0 Å². The molecule has 0 radical (unpaired) electrons. The number of nitrogens with one attached hydrogen (secondary N) is 2. The van der Waals surface area contributed by atoms with Crippen molar-refractivity contribution < 1.29 is 14.3 Å². The Morgan fingerprint density at radius 1 is 1.14 bits per heavy atom. The molecule has 0 saturated carbocycles. The van der Waals surface area contributed by atoms with Gasteiger partial charge in [-0.15, -0.1) is 0 Å². The van der Waals surface area contributed by atoms with Gasteiger partial charge in [0.05, 0.1) is 13.7 Å². The number of aromatic amines is 1. The van der Waals surface area contributed by atoms with E-state index in [4.69, 9.17) is 9.47 Å². The highest BCUT2D eigenvalue weighted by molar-refractivity contribution is 5.98. The molecule has 2 aromatic heterocycles. The van der Waals surface area contributed by atoms with Crippen LogP contribution in [0.3, 0.4) is 0 Å². The van der Waals surface area contributed by atoms with Gasteiger partial charge in [0.1, 0.15) is 5.75 Å². The fraction of sp³-hybridized carbons (Fsp3) is 0.261. The first kappa shape index (κ1) is 19.1. The van der Waals surface area contributed by atoms with Crippen molar-refractivity contribution in [2.75, 3.05) is 27.4 Å². The van der Waals surface area contributed by atoms with E-state index in [1.807, 2.05) is 54.9 Å². The van der Waals surface area contributed by atoms with Gasteiger partial charge in [0.2, 0.25) is 0 Å². The van der Waals surface area contributed by atoms with E-state index in [1.54, 1.807) is 14.2 Å². The van der Waals surface area contributed by atoms with Gasteiger partial charge in [-0.1, -0.05) is 0 Å². The van der Waals surface area contributed by atoms with Crippen LogP contribution >= 0.6 is 0 Å². The maximum absolute atomic E-state index is 12.6. The number of carbonyl (C=O) groups is 1. The van der Waals surface area contributed by atoms with Gasteiger partial charge >= 0.3 is 0 Å². The summed E-state index contributed by atoms with van der Waals surface area (Å²) in [6.07, 6.45) is 4.76. The number of H-pyrrole nitrogens is 1. The van der Waals surface area contributed by atoms with Crippen molar-refractivity contribution in [3.8, 4) is 5.75 Å². The molecule has 2 heterocycles. The quantitative estimate of drug-likeness (QED) is 0.481. The third-order valence-electron chi connectivity index (χ3n) is 5.22. The highest BCUT2D eigenvalue weighted by Gasteiger charge is 2.10. The van der Waals surface area contributed by atoms with Crippen LogP contribution in [0.15, 0.2) is 54.9 Å². The van der Waals surface area contributed by atoms with Gasteiger partial charge in [0, 0.05) is 60.0 Å². The van der Waals surface area contributed by atoms with Gasteiger partial charge in [0.25, 0.3) is 5.91 Å². The first-order chi connectivity index (χ1) is 14.2. The van der Waals surface area contributed by atoms with E-state index in [0.29, 0.717) is 18.7 Å². The fourth-order valence-corrected chi connectivity index (χ4v) is 3.63. The molecule has 0 aliphatic rings. The van der Waals surface area contributed by atoms with Crippen LogP contribution in [0.2, 0.25) is 0 Å². The number of amides is 1. The molecule has 0 aliphatic heterocycles. The molecule has 4 aromatic rings. The molecule has 0 bridgehead atoms.